The van der Waals surface area contributed by atoms with E-state index in [4.69, 9.17) is 27.9 Å². The lowest BCUT2D eigenvalue weighted by Gasteiger charge is -2.34. The van der Waals surface area contributed by atoms with Crippen molar-refractivity contribution in [3.8, 4) is 0 Å². The number of benzene rings is 1. The van der Waals surface area contributed by atoms with Crippen molar-refractivity contribution in [2.75, 3.05) is 26.4 Å². The van der Waals surface area contributed by atoms with E-state index in [9.17, 15) is 5.11 Å². The van der Waals surface area contributed by atoms with E-state index in [2.05, 4.69) is 4.90 Å². The molecule has 0 spiro atoms. The lowest BCUT2D eigenvalue weighted by molar-refractivity contribution is -0.0312. The fourth-order valence-electron chi connectivity index (χ4n) is 1.95. The van der Waals surface area contributed by atoms with Crippen molar-refractivity contribution >= 4 is 23.2 Å². The molecule has 1 atom stereocenters. The van der Waals surface area contributed by atoms with Gasteiger partial charge in [-0.1, -0.05) is 29.3 Å². The first kappa shape index (κ1) is 13.1. The molecule has 94 valence electrons. The number of halogens is 2. The van der Waals surface area contributed by atoms with Crippen LogP contribution in [0.25, 0.3) is 0 Å². The van der Waals surface area contributed by atoms with Gasteiger partial charge in [0.25, 0.3) is 0 Å². The summed E-state index contributed by atoms with van der Waals surface area (Å²) in [6.45, 7) is 2.75. The average Bonchev–Trinajstić information content (AvgIpc) is 2.34. The highest BCUT2D eigenvalue weighted by Crippen LogP contribution is 2.26. The lowest BCUT2D eigenvalue weighted by atomic mass is 10.1. The molecule has 0 saturated carbocycles. The number of morpholine rings is 1. The Bertz CT molecular complexity index is 367. The number of ether oxygens (including phenoxy) is 1. The summed E-state index contributed by atoms with van der Waals surface area (Å²) in [6.07, 6.45) is 0. The predicted octanol–water partition coefficient (Wildman–Crippen LogP) is 2.19. The summed E-state index contributed by atoms with van der Waals surface area (Å²) < 4.78 is 5.33. The second-order valence-electron chi connectivity index (χ2n) is 4.08. The Morgan fingerprint density at radius 3 is 2.71 bits per heavy atom. The third-order valence-electron chi connectivity index (χ3n) is 2.98. The zero-order valence-electron chi connectivity index (χ0n) is 9.40. The molecule has 1 aliphatic rings. The standard InChI is InChI=1S/C12H15Cl2NO2/c13-11-2-1-3-12(14)10(11)6-15-4-5-17-8-9(15)7-16/h1-3,9,16H,4-8H2. The summed E-state index contributed by atoms with van der Waals surface area (Å²) in [7, 11) is 0. The molecule has 5 heteroatoms. The van der Waals surface area contributed by atoms with Crippen LogP contribution in [0.1, 0.15) is 5.56 Å². The van der Waals surface area contributed by atoms with E-state index in [1.165, 1.54) is 0 Å². The molecule has 3 nitrogen and oxygen atoms in total. The third kappa shape index (κ3) is 3.12. The van der Waals surface area contributed by atoms with Gasteiger partial charge in [-0.25, -0.2) is 0 Å². The Balaban J connectivity index is 2.13. The van der Waals surface area contributed by atoms with Crippen LogP contribution in [0.5, 0.6) is 0 Å². The maximum atomic E-state index is 9.29. The van der Waals surface area contributed by atoms with Gasteiger partial charge in [-0.15, -0.1) is 0 Å². The number of rotatable bonds is 3. The first-order valence-electron chi connectivity index (χ1n) is 5.58. The molecule has 0 bridgehead atoms. The number of hydrogen-bond donors (Lipinski definition) is 1. The van der Waals surface area contributed by atoms with Gasteiger partial charge >= 0.3 is 0 Å². The number of aliphatic hydroxyl groups is 1. The molecule has 17 heavy (non-hydrogen) atoms. The molecule has 0 radical (unpaired) electrons. The summed E-state index contributed by atoms with van der Waals surface area (Å²) in [6, 6.07) is 5.52. The van der Waals surface area contributed by atoms with E-state index in [-0.39, 0.29) is 12.6 Å². The van der Waals surface area contributed by atoms with E-state index in [1.807, 2.05) is 18.2 Å². The minimum absolute atomic E-state index is 0.0242. The van der Waals surface area contributed by atoms with E-state index >= 15 is 0 Å². The van der Waals surface area contributed by atoms with Crippen molar-refractivity contribution in [2.24, 2.45) is 0 Å². The smallest absolute Gasteiger partial charge is 0.0644 e. The molecule has 1 unspecified atom stereocenters. The van der Waals surface area contributed by atoms with Crippen molar-refractivity contribution in [1.29, 1.82) is 0 Å². The van der Waals surface area contributed by atoms with Gasteiger partial charge in [0.15, 0.2) is 0 Å². The van der Waals surface area contributed by atoms with E-state index < -0.39 is 0 Å². The Hall–Kier alpha value is -0.320. The maximum Gasteiger partial charge on any atom is 0.0644 e. The zero-order chi connectivity index (χ0) is 12.3. The summed E-state index contributed by atoms with van der Waals surface area (Å²) in [5.74, 6) is 0. The monoisotopic (exact) mass is 275 g/mol. The van der Waals surface area contributed by atoms with Gasteiger partial charge < -0.3 is 9.84 Å². The third-order valence-corrected chi connectivity index (χ3v) is 3.69. The molecule has 0 amide bonds. The van der Waals surface area contributed by atoms with Gasteiger partial charge in [-0.2, -0.15) is 0 Å². The van der Waals surface area contributed by atoms with Crippen molar-refractivity contribution in [2.45, 2.75) is 12.6 Å². The maximum absolute atomic E-state index is 9.29. The molecule has 1 aromatic carbocycles. The van der Waals surface area contributed by atoms with Gasteiger partial charge in [0.1, 0.15) is 0 Å². The van der Waals surface area contributed by atoms with Crippen molar-refractivity contribution < 1.29 is 9.84 Å². The van der Waals surface area contributed by atoms with Gasteiger partial charge in [-0.3, -0.25) is 4.90 Å². The average molecular weight is 276 g/mol. The molecular formula is C12H15Cl2NO2. The van der Waals surface area contributed by atoms with Crippen LogP contribution in [0.4, 0.5) is 0 Å². The molecule has 1 saturated heterocycles. The first-order chi connectivity index (χ1) is 8.22. The second-order valence-corrected chi connectivity index (χ2v) is 4.90. The molecule has 1 aromatic rings. The summed E-state index contributed by atoms with van der Waals surface area (Å²) >= 11 is 12.3. The van der Waals surface area contributed by atoms with Crippen molar-refractivity contribution in [3.63, 3.8) is 0 Å². The summed E-state index contributed by atoms with van der Waals surface area (Å²) in [5, 5.41) is 10.6. The summed E-state index contributed by atoms with van der Waals surface area (Å²) in [4.78, 5) is 2.15. The molecular weight excluding hydrogens is 261 g/mol. The molecule has 0 aliphatic carbocycles. The molecule has 1 fully saturated rings. The zero-order valence-corrected chi connectivity index (χ0v) is 10.9. The Morgan fingerprint density at radius 1 is 1.35 bits per heavy atom. The Morgan fingerprint density at radius 2 is 2.06 bits per heavy atom. The van der Waals surface area contributed by atoms with Crippen LogP contribution in [-0.4, -0.2) is 42.4 Å². The van der Waals surface area contributed by atoms with Gasteiger partial charge in [0, 0.05) is 28.7 Å². The van der Waals surface area contributed by atoms with Crippen LogP contribution in [0.2, 0.25) is 10.0 Å². The number of hydrogen-bond acceptors (Lipinski definition) is 3. The SMILES string of the molecule is OCC1COCCN1Cc1c(Cl)cccc1Cl. The normalized spacial score (nSPS) is 21.7. The molecule has 1 N–H and O–H groups in total. The fraction of sp³-hybridized carbons (Fsp3) is 0.500. The van der Waals surface area contributed by atoms with E-state index in [0.717, 1.165) is 12.1 Å². The van der Waals surface area contributed by atoms with E-state index in [0.29, 0.717) is 29.8 Å². The minimum Gasteiger partial charge on any atom is -0.395 e. The molecule has 1 aliphatic heterocycles. The van der Waals surface area contributed by atoms with Crippen LogP contribution in [0, 0.1) is 0 Å². The van der Waals surface area contributed by atoms with Crippen LogP contribution in [0.3, 0.4) is 0 Å². The number of aliphatic hydroxyl groups excluding tert-OH is 1. The topological polar surface area (TPSA) is 32.7 Å². The highest BCUT2D eigenvalue weighted by molar-refractivity contribution is 6.35. The molecule has 0 aromatic heterocycles. The van der Waals surface area contributed by atoms with Crippen LogP contribution in [0.15, 0.2) is 18.2 Å². The Kier molecular flexibility index (Phi) is 4.65. The highest BCUT2D eigenvalue weighted by Gasteiger charge is 2.23. The second kappa shape index (κ2) is 6.03. The van der Waals surface area contributed by atoms with Crippen LogP contribution in [-0.2, 0) is 11.3 Å². The predicted molar refractivity (Wildman–Crippen MR) is 68.6 cm³/mol. The number of nitrogens with zero attached hydrogens (tertiary/aromatic N) is 1. The van der Waals surface area contributed by atoms with Crippen molar-refractivity contribution in [1.82, 2.24) is 4.90 Å². The Labute approximate surface area is 111 Å². The molecule has 2 rings (SSSR count). The van der Waals surface area contributed by atoms with Gasteiger partial charge in [-0.05, 0) is 12.1 Å². The molecule has 1 heterocycles. The summed E-state index contributed by atoms with van der Waals surface area (Å²) in [5.41, 5.74) is 0.913. The quantitative estimate of drug-likeness (QED) is 0.918. The fourth-order valence-corrected chi connectivity index (χ4v) is 2.47. The van der Waals surface area contributed by atoms with Crippen molar-refractivity contribution in [3.05, 3.63) is 33.8 Å². The first-order valence-corrected chi connectivity index (χ1v) is 6.33. The van der Waals surface area contributed by atoms with Crippen LogP contribution < -0.4 is 0 Å². The van der Waals surface area contributed by atoms with Gasteiger partial charge in [0.2, 0.25) is 0 Å². The minimum atomic E-state index is 0.0242. The largest absolute Gasteiger partial charge is 0.395 e. The van der Waals surface area contributed by atoms with E-state index in [1.54, 1.807) is 0 Å². The van der Waals surface area contributed by atoms with Gasteiger partial charge in [0.05, 0.1) is 25.9 Å². The van der Waals surface area contributed by atoms with Crippen LogP contribution >= 0.6 is 23.2 Å². The highest BCUT2D eigenvalue weighted by atomic mass is 35.5. The lowest BCUT2D eigenvalue weighted by Crippen LogP contribution is -2.46.